The van der Waals surface area contributed by atoms with E-state index in [1.54, 1.807) is 6.07 Å². The predicted molar refractivity (Wildman–Crippen MR) is 59.2 cm³/mol. The lowest BCUT2D eigenvalue weighted by molar-refractivity contribution is 0.484. The van der Waals surface area contributed by atoms with Crippen LogP contribution in [0.5, 0.6) is 0 Å². The Labute approximate surface area is 96.5 Å². The van der Waals surface area contributed by atoms with E-state index < -0.39 is 16.1 Å². The first-order valence-electron chi connectivity index (χ1n) is 3.36. The number of hydrogen-bond donors (Lipinski definition) is 1. The molecule has 0 aliphatic rings. The van der Waals surface area contributed by atoms with E-state index >= 15 is 0 Å². The molecule has 14 heavy (non-hydrogen) atoms. The zero-order chi connectivity index (χ0) is 11.0. The Morgan fingerprint density at radius 2 is 1.64 bits per heavy atom. The molecular weight excluding hydrogens is 287 g/mol. The number of rotatable bonds is 2. The first-order valence-corrected chi connectivity index (χ1v) is 9.84. The van der Waals surface area contributed by atoms with Crippen LogP contribution in [0.1, 0.15) is 0 Å². The largest absolute Gasteiger partial charge is 0.374 e. The van der Waals surface area contributed by atoms with Gasteiger partial charge in [0.25, 0.3) is 10.1 Å². The second-order valence-corrected chi connectivity index (χ2v) is 12.2. The highest BCUT2D eigenvalue weighted by Crippen LogP contribution is 2.22. The van der Waals surface area contributed by atoms with Crippen LogP contribution in [-0.2, 0) is 10.1 Å². The van der Waals surface area contributed by atoms with Crippen molar-refractivity contribution in [3.63, 3.8) is 0 Å². The molecule has 0 unspecified atom stereocenters. The Morgan fingerprint density at radius 3 is 2.00 bits per heavy atom. The third-order valence-electron chi connectivity index (χ3n) is 1.47. The molecule has 0 saturated carbocycles. The van der Waals surface area contributed by atoms with Crippen molar-refractivity contribution in [3.05, 3.63) is 24.3 Å². The van der Waals surface area contributed by atoms with Crippen LogP contribution in [0, 0.1) is 0 Å². The highest BCUT2D eigenvalue weighted by Gasteiger charge is 2.33. The third-order valence-corrected chi connectivity index (χ3v) is 5.44. The van der Waals surface area contributed by atoms with Gasteiger partial charge in [0.1, 0.15) is 0 Å². The fraction of sp³-hybridized carbons (Fsp3) is 0. The molecule has 0 spiro atoms. The SMILES string of the molecule is O=S(=O)(O)c1ccccc1[Si](Cl)(Cl)Cl. The summed E-state index contributed by atoms with van der Waals surface area (Å²) in [7, 11) is -4.34. The minimum absolute atomic E-state index is 0.0625. The van der Waals surface area contributed by atoms with Crippen molar-refractivity contribution in [1.29, 1.82) is 0 Å². The van der Waals surface area contributed by atoms with Gasteiger partial charge in [0.15, 0.2) is 0 Å². The summed E-state index contributed by atoms with van der Waals surface area (Å²) in [5.74, 6) is 0. The Hall–Kier alpha value is 0.217. The normalized spacial score (nSPS) is 12.9. The summed E-state index contributed by atoms with van der Waals surface area (Å²) in [6.45, 7) is 0. The maximum atomic E-state index is 10.9. The van der Waals surface area contributed by atoms with Crippen molar-refractivity contribution in [3.8, 4) is 0 Å². The zero-order valence-corrected chi connectivity index (χ0v) is 10.7. The van der Waals surface area contributed by atoms with Gasteiger partial charge in [0.2, 0.25) is 0 Å². The van der Waals surface area contributed by atoms with Crippen LogP contribution >= 0.6 is 33.2 Å². The van der Waals surface area contributed by atoms with Crippen LogP contribution in [0.2, 0.25) is 0 Å². The van der Waals surface area contributed by atoms with Gasteiger partial charge in [-0.05, 0) is 6.07 Å². The van der Waals surface area contributed by atoms with Crippen molar-refractivity contribution < 1.29 is 13.0 Å². The van der Waals surface area contributed by atoms with Crippen LogP contribution in [0.25, 0.3) is 0 Å². The van der Waals surface area contributed by atoms with Crippen LogP contribution in [0.3, 0.4) is 0 Å². The average molecular weight is 292 g/mol. The minimum atomic E-state index is -4.34. The van der Waals surface area contributed by atoms with Gasteiger partial charge >= 0.3 is 6.00 Å². The Kier molecular flexibility index (Phi) is 3.51. The molecule has 0 aliphatic heterocycles. The molecule has 0 aliphatic carbocycles. The standard InChI is InChI=1S/C6H5Cl3O3SSi/c7-14(8,9)6-4-2-1-3-5(6)13(10,11)12/h1-4H,(H,10,11,12). The van der Waals surface area contributed by atoms with E-state index in [-0.39, 0.29) is 10.1 Å². The molecule has 0 atom stereocenters. The molecule has 78 valence electrons. The summed E-state index contributed by atoms with van der Waals surface area (Å²) in [6, 6.07) is 2.24. The molecule has 0 heterocycles. The van der Waals surface area contributed by atoms with Crippen LogP contribution in [-0.4, -0.2) is 19.0 Å². The van der Waals surface area contributed by atoms with Crippen LogP contribution in [0.4, 0.5) is 0 Å². The van der Waals surface area contributed by atoms with E-state index in [0.717, 1.165) is 0 Å². The lowest BCUT2D eigenvalue weighted by atomic mass is 10.4. The van der Waals surface area contributed by atoms with Crippen molar-refractivity contribution >= 4 is 54.5 Å². The highest BCUT2D eigenvalue weighted by molar-refractivity contribution is 7.86. The summed E-state index contributed by atoms with van der Waals surface area (Å²) < 4.78 is 30.7. The summed E-state index contributed by atoms with van der Waals surface area (Å²) >= 11 is 17.0. The van der Waals surface area contributed by atoms with E-state index in [9.17, 15) is 8.42 Å². The van der Waals surface area contributed by atoms with Crippen LogP contribution in [0.15, 0.2) is 29.2 Å². The monoisotopic (exact) mass is 290 g/mol. The van der Waals surface area contributed by atoms with Gasteiger partial charge in [-0.2, -0.15) is 8.42 Å². The lowest BCUT2D eigenvalue weighted by Crippen LogP contribution is -2.34. The quantitative estimate of drug-likeness (QED) is 0.513. The van der Waals surface area contributed by atoms with Crippen molar-refractivity contribution in [1.82, 2.24) is 0 Å². The Bertz CT molecular complexity index is 440. The molecule has 1 aromatic rings. The summed E-state index contributed by atoms with van der Waals surface area (Å²) in [5, 5.41) is 0.0625. The lowest BCUT2D eigenvalue weighted by Gasteiger charge is -2.11. The van der Waals surface area contributed by atoms with Gasteiger partial charge in [-0.15, -0.1) is 33.2 Å². The maximum Gasteiger partial charge on any atom is 0.374 e. The molecule has 0 saturated heterocycles. The van der Waals surface area contributed by atoms with Crippen LogP contribution < -0.4 is 5.19 Å². The van der Waals surface area contributed by atoms with Crippen molar-refractivity contribution in [2.45, 2.75) is 4.90 Å². The highest BCUT2D eigenvalue weighted by atomic mass is 35.8. The van der Waals surface area contributed by atoms with E-state index in [1.807, 2.05) is 0 Å². The topological polar surface area (TPSA) is 54.4 Å². The summed E-state index contributed by atoms with van der Waals surface area (Å²) in [5.41, 5.74) is 0. The fourth-order valence-corrected chi connectivity index (χ4v) is 5.00. The van der Waals surface area contributed by atoms with E-state index in [4.69, 9.17) is 37.8 Å². The van der Waals surface area contributed by atoms with Gasteiger partial charge in [-0.25, -0.2) is 0 Å². The van der Waals surface area contributed by atoms with E-state index in [2.05, 4.69) is 0 Å². The third kappa shape index (κ3) is 2.85. The molecular formula is C6H5Cl3O3SSi. The molecule has 1 rings (SSSR count). The number of hydrogen-bond acceptors (Lipinski definition) is 2. The number of halogens is 3. The van der Waals surface area contributed by atoms with Gasteiger partial charge in [-0.3, -0.25) is 4.55 Å². The number of benzene rings is 1. The van der Waals surface area contributed by atoms with E-state index in [0.29, 0.717) is 0 Å². The van der Waals surface area contributed by atoms with Gasteiger partial charge in [-0.1, -0.05) is 18.2 Å². The second kappa shape index (κ2) is 4.00. The minimum Gasteiger partial charge on any atom is -0.282 e. The molecule has 1 aromatic carbocycles. The molecule has 0 bridgehead atoms. The molecule has 1 N–H and O–H groups in total. The molecule has 0 fully saturated rings. The van der Waals surface area contributed by atoms with Gasteiger partial charge in [0, 0.05) is 5.19 Å². The van der Waals surface area contributed by atoms with E-state index in [1.165, 1.54) is 18.2 Å². The molecule has 0 radical (unpaired) electrons. The average Bonchev–Trinajstić information content (AvgIpc) is 2.01. The smallest absolute Gasteiger partial charge is 0.282 e. The first kappa shape index (κ1) is 12.3. The van der Waals surface area contributed by atoms with Gasteiger partial charge < -0.3 is 0 Å². The maximum absolute atomic E-state index is 10.9. The fourth-order valence-electron chi connectivity index (χ4n) is 0.926. The summed E-state index contributed by atoms with van der Waals surface area (Å²) in [6.07, 6.45) is 0. The summed E-state index contributed by atoms with van der Waals surface area (Å²) in [4.78, 5) is -0.341. The molecule has 8 heteroatoms. The second-order valence-electron chi connectivity index (χ2n) is 2.47. The van der Waals surface area contributed by atoms with Gasteiger partial charge in [0.05, 0.1) is 4.90 Å². The molecule has 3 nitrogen and oxygen atoms in total. The zero-order valence-electron chi connectivity index (χ0n) is 6.62. The van der Waals surface area contributed by atoms with Crippen molar-refractivity contribution in [2.24, 2.45) is 0 Å². The molecule has 0 amide bonds. The van der Waals surface area contributed by atoms with Crippen molar-refractivity contribution in [2.75, 3.05) is 0 Å². The Morgan fingerprint density at radius 1 is 1.14 bits per heavy atom. The predicted octanol–water partition coefficient (Wildman–Crippen LogP) is 1.80. The first-order chi connectivity index (χ1) is 6.23. The molecule has 0 aromatic heterocycles. The Balaban J connectivity index is 3.47.